The highest BCUT2D eigenvalue weighted by Gasteiger charge is 2.24. The topological polar surface area (TPSA) is 61.9 Å². The first-order chi connectivity index (χ1) is 12.1. The summed E-state index contributed by atoms with van der Waals surface area (Å²) in [4.78, 5) is 28.4. The molecule has 0 saturated carbocycles. The molecule has 1 N–H and O–H groups in total. The zero-order valence-corrected chi connectivity index (χ0v) is 15.0. The van der Waals surface area contributed by atoms with Crippen LogP contribution in [-0.4, -0.2) is 61.6 Å². The van der Waals surface area contributed by atoms with E-state index < -0.39 is 0 Å². The Hall–Kier alpha value is -1.92. The number of nitrogens with one attached hydrogen (secondary N) is 1. The smallest absolute Gasteiger partial charge is 0.251 e. The lowest BCUT2D eigenvalue weighted by Crippen LogP contribution is -2.52. The monoisotopic (exact) mass is 345 g/mol. The molecule has 1 aromatic carbocycles. The molecule has 2 amide bonds. The maximum Gasteiger partial charge on any atom is 0.251 e. The summed E-state index contributed by atoms with van der Waals surface area (Å²) in [6.07, 6.45) is 1.51. The van der Waals surface area contributed by atoms with Crippen LogP contribution in [0.3, 0.4) is 0 Å². The van der Waals surface area contributed by atoms with Crippen LogP contribution in [0.15, 0.2) is 24.3 Å². The van der Waals surface area contributed by atoms with E-state index in [1.165, 1.54) is 0 Å². The molecular weight excluding hydrogens is 318 g/mol. The van der Waals surface area contributed by atoms with Crippen LogP contribution >= 0.6 is 0 Å². The second kappa shape index (κ2) is 7.97. The van der Waals surface area contributed by atoms with Crippen molar-refractivity contribution >= 4 is 17.5 Å². The molecule has 0 aromatic heterocycles. The molecule has 0 aliphatic carbocycles. The van der Waals surface area contributed by atoms with Gasteiger partial charge in [-0.2, -0.15) is 0 Å². The molecule has 3 rings (SSSR count). The third-order valence-electron chi connectivity index (χ3n) is 5.22. The molecule has 2 saturated heterocycles. The Morgan fingerprint density at radius 3 is 2.40 bits per heavy atom. The number of morpholine rings is 1. The van der Waals surface area contributed by atoms with Crippen molar-refractivity contribution in [2.24, 2.45) is 0 Å². The number of rotatable bonds is 5. The summed E-state index contributed by atoms with van der Waals surface area (Å²) in [6, 6.07) is 7.60. The highest BCUT2D eigenvalue weighted by atomic mass is 16.5. The molecule has 2 unspecified atom stereocenters. The fourth-order valence-electron chi connectivity index (χ4n) is 3.43. The summed E-state index contributed by atoms with van der Waals surface area (Å²) >= 11 is 0. The first-order valence-corrected chi connectivity index (χ1v) is 9.09. The molecule has 2 heterocycles. The van der Waals surface area contributed by atoms with Crippen molar-refractivity contribution in [3.63, 3.8) is 0 Å². The minimum Gasteiger partial charge on any atom is -0.379 e. The van der Waals surface area contributed by atoms with Gasteiger partial charge in [0, 0.05) is 49.4 Å². The normalized spacial score (nSPS) is 21.2. The lowest BCUT2D eigenvalue weighted by atomic mass is 10.1. The number of ether oxygens (including phenoxy) is 1. The molecule has 0 radical (unpaired) electrons. The van der Waals surface area contributed by atoms with E-state index in [-0.39, 0.29) is 23.9 Å². The Bertz CT molecular complexity index is 611. The number of benzene rings is 1. The summed E-state index contributed by atoms with van der Waals surface area (Å²) in [5.41, 5.74) is 1.49. The van der Waals surface area contributed by atoms with Crippen molar-refractivity contribution in [3.05, 3.63) is 29.8 Å². The van der Waals surface area contributed by atoms with Gasteiger partial charge in [0.2, 0.25) is 5.91 Å². The second-order valence-corrected chi connectivity index (χ2v) is 6.85. The Kier molecular flexibility index (Phi) is 5.71. The van der Waals surface area contributed by atoms with E-state index in [9.17, 15) is 9.59 Å². The zero-order chi connectivity index (χ0) is 17.8. The van der Waals surface area contributed by atoms with Gasteiger partial charge in [-0.3, -0.25) is 14.5 Å². The van der Waals surface area contributed by atoms with Crippen LogP contribution in [0.4, 0.5) is 5.69 Å². The summed E-state index contributed by atoms with van der Waals surface area (Å²) < 4.78 is 5.38. The van der Waals surface area contributed by atoms with Gasteiger partial charge in [-0.05, 0) is 44.5 Å². The summed E-state index contributed by atoms with van der Waals surface area (Å²) in [5, 5.41) is 3.09. The van der Waals surface area contributed by atoms with Gasteiger partial charge in [-0.15, -0.1) is 0 Å². The van der Waals surface area contributed by atoms with Gasteiger partial charge < -0.3 is 15.0 Å². The van der Waals surface area contributed by atoms with Crippen LogP contribution in [0.2, 0.25) is 0 Å². The predicted octanol–water partition coefficient (Wildman–Crippen LogP) is 1.65. The quantitative estimate of drug-likeness (QED) is 0.881. The Morgan fingerprint density at radius 1 is 1.12 bits per heavy atom. The molecule has 0 spiro atoms. The Balaban J connectivity index is 1.57. The largest absolute Gasteiger partial charge is 0.379 e. The third kappa shape index (κ3) is 4.19. The van der Waals surface area contributed by atoms with Crippen LogP contribution in [-0.2, 0) is 9.53 Å². The maximum absolute atomic E-state index is 12.5. The molecule has 6 heteroatoms. The average molecular weight is 345 g/mol. The molecule has 136 valence electrons. The molecule has 6 nitrogen and oxygen atoms in total. The van der Waals surface area contributed by atoms with E-state index in [1.807, 2.05) is 19.1 Å². The van der Waals surface area contributed by atoms with Crippen molar-refractivity contribution in [1.82, 2.24) is 10.2 Å². The van der Waals surface area contributed by atoms with E-state index in [1.54, 1.807) is 17.0 Å². The minimum atomic E-state index is -0.0769. The molecule has 0 bridgehead atoms. The fraction of sp³-hybridized carbons (Fsp3) is 0.579. The Morgan fingerprint density at radius 2 is 1.80 bits per heavy atom. The molecule has 2 fully saturated rings. The molecule has 2 aliphatic heterocycles. The number of nitrogens with zero attached hydrogens (tertiary/aromatic N) is 2. The van der Waals surface area contributed by atoms with Crippen molar-refractivity contribution in [2.45, 2.75) is 38.8 Å². The molecular formula is C19H27N3O3. The van der Waals surface area contributed by atoms with Gasteiger partial charge >= 0.3 is 0 Å². The first-order valence-electron chi connectivity index (χ1n) is 9.09. The van der Waals surface area contributed by atoms with Crippen LogP contribution in [0.25, 0.3) is 0 Å². The molecule has 1 aromatic rings. The van der Waals surface area contributed by atoms with Crippen molar-refractivity contribution in [1.29, 1.82) is 0 Å². The number of hydrogen-bond donors (Lipinski definition) is 1. The van der Waals surface area contributed by atoms with Crippen LogP contribution in [0.1, 0.15) is 37.0 Å². The summed E-state index contributed by atoms with van der Waals surface area (Å²) in [7, 11) is 0. The average Bonchev–Trinajstić information content (AvgIpc) is 3.07. The van der Waals surface area contributed by atoms with Gasteiger partial charge in [0.15, 0.2) is 0 Å². The first kappa shape index (κ1) is 17.9. The van der Waals surface area contributed by atoms with Gasteiger partial charge in [0.25, 0.3) is 5.91 Å². The maximum atomic E-state index is 12.5. The fourth-order valence-corrected chi connectivity index (χ4v) is 3.43. The van der Waals surface area contributed by atoms with E-state index in [0.29, 0.717) is 12.0 Å². The summed E-state index contributed by atoms with van der Waals surface area (Å²) in [6.45, 7) is 8.25. The lowest BCUT2D eigenvalue weighted by Gasteiger charge is -2.35. The number of amides is 2. The van der Waals surface area contributed by atoms with Crippen molar-refractivity contribution in [2.75, 3.05) is 37.7 Å². The van der Waals surface area contributed by atoms with Gasteiger partial charge in [0.05, 0.1) is 13.2 Å². The summed E-state index contributed by atoms with van der Waals surface area (Å²) in [5.74, 6) is 0.0806. The van der Waals surface area contributed by atoms with Gasteiger partial charge in [-0.25, -0.2) is 0 Å². The molecule has 2 atom stereocenters. The van der Waals surface area contributed by atoms with Crippen LogP contribution in [0, 0.1) is 0 Å². The van der Waals surface area contributed by atoms with Crippen molar-refractivity contribution < 1.29 is 14.3 Å². The van der Waals surface area contributed by atoms with Crippen molar-refractivity contribution in [3.8, 4) is 0 Å². The number of carbonyl (C=O) groups excluding carboxylic acids is 2. The van der Waals surface area contributed by atoms with Crippen LogP contribution in [0.5, 0.6) is 0 Å². The Labute approximate surface area is 149 Å². The second-order valence-electron chi connectivity index (χ2n) is 6.85. The van der Waals surface area contributed by atoms with E-state index >= 15 is 0 Å². The number of hydrogen-bond acceptors (Lipinski definition) is 4. The third-order valence-corrected chi connectivity index (χ3v) is 5.22. The highest BCUT2D eigenvalue weighted by molar-refractivity contribution is 5.97. The predicted molar refractivity (Wildman–Crippen MR) is 96.8 cm³/mol. The van der Waals surface area contributed by atoms with Gasteiger partial charge in [-0.1, -0.05) is 0 Å². The number of carbonyl (C=O) groups is 2. The lowest BCUT2D eigenvalue weighted by molar-refractivity contribution is -0.117. The SMILES string of the molecule is CC(NC(=O)c1ccc(N2CCCC2=O)cc1)C(C)N1CCOCC1. The number of anilines is 1. The standard InChI is InChI=1S/C19H27N3O3/c1-14(15(2)21-10-12-25-13-11-21)20-19(24)16-5-7-17(8-6-16)22-9-3-4-18(22)23/h5-8,14-15H,3-4,9-13H2,1-2H3,(H,20,24). The molecule has 2 aliphatic rings. The highest BCUT2D eigenvalue weighted by Crippen LogP contribution is 2.21. The van der Waals surface area contributed by atoms with Gasteiger partial charge in [0.1, 0.15) is 0 Å². The molecule has 25 heavy (non-hydrogen) atoms. The minimum absolute atomic E-state index is 0.0467. The zero-order valence-electron chi connectivity index (χ0n) is 15.0. The van der Waals surface area contributed by atoms with E-state index in [4.69, 9.17) is 4.74 Å². The van der Waals surface area contributed by atoms with Crippen LogP contribution < -0.4 is 10.2 Å². The van der Waals surface area contributed by atoms with E-state index in [0.717, 1.165) is 45.0 Å². The van der Waals surface area contributed by atoms with E-state index in [2.05, 4.69) is 17.1 Å².